The minimum atomic E-state index is -3.13. The van der Waals surface area contributed by atoms with Crippen molar-refractivity contribution in [2.75, 3.05) is 0 Å². The van der Waals surface area contributed by atoms with Gasteiger partial charge in [0.1, 0.15) is 11.2 Å². The van der Waals surface area contributed by atoms with Crippen molar-refractivity contribution in [3.05, 3.63) is 32.6 Å². The van der Waals surface area contributed by atoms with Crippen LogP contribution in [0.2, 0.25) is 5.02 Å². The largest absolute Gasteiger partial charge is 0.481 e. The lowest BCUT2D eigenvalue weighted by Crippen LogP contribution is -2.08. The second kappa shape index (κ2) is 5.00. The molecule has 17 heavy (non-hydrogen) atoms. The number of halogens is 3. The summed E-state index contributed by atoms with van der Waals surface area (Å²) in [7, 11) is 0. The Morgan fingerprint density at radius 2 is 2.24 bits per heavy atom. The van der Waals surface area contributed by atoms with Gasteiger partial charge in [-0.05, 0) is 0 Å². The Morgan fingerprint density at radius 3 is 2.65 bits per heavy atom. The predicted molar refractivity (Wildman–Crippen MR) is 52.2 cm³/mol. The summed E-state index contributed by atoms with van der Waals surface area (Å²) in [5.41, 5.74) is -2.18. The molecule has 1 N–H and O–H groups in total. The van der Waals surface area contributed by atoms with Gasteiger partial charge in [0, 0.05) is 0 Å². The van der Waals surface area contributed by atoms with Crippen LogP contribution in [-0.2, 0) is 11.2 Å². The summed E-state index contributed by atoms with van der Waals surface area (Å²) >= 11 is 5.43. The molecule has 0 aliphatic rings. The van der Waals surface area contributed by atoms with E-state index in [1.54, 1.807) is 0 Å². The van der Waals surface area contributed by atoms with Crippen LogP contribution < -0.4 is 0 Å². The summed E-state index contributed by atoms with van der Waals surface area (Å²) in [4.78, 5) is 23.2. The van der Waals surface area contributed by atoms with E-state index in [0.29, 0.717) is 6.20 Å². The molecule has 0 atom stereocenters. The quantitative estimate of drug-likeness (QED) is 0.666. The van der Waals surface area contributed by atoms with Gasteiger partial charge in [-0.15, -0.1) is 0 Å². The fraction of sp³-hybridized carbons (Fsp3) is 0.250. The van der Waals surface area contributed by atoms with Crippen LogP contribution in [0.15, 0.2) is 6.20 Å². The van der Waals surface area contributed by atoms with Gasteiger partial charge >= 0.3 is 11.7 Å². The topological polar surface area (TPSA) is 93.3 Å². The molecule has 92 valence electrons. The van der Waals surface area contributed by atoms with Crippen LogP contribution in [-0.4, -0.2) is 21.0 Å². The number of pyridine rings is 1. The molecule has 0 saturated heterocycles. The van der Waals surface area contributed by atoms with Crippen LogP contribution in [0, 0.1) is 10.1 Å². The van der Waals surface area contributed by atoms with E-state index in [4.69, 9.17) is 16.7 Å². The van der Waals surface area contributed by atoms with Gasteiger partial charge in [0.25, 0.3) is 6.43 Å². The van der Waals surface area contributed by atoms with Crippen molar-refractivity contribution in [1.82, 2.24) is 4.98 Å². The molecule has 1 aromatic heterocycles. The van der Waals surface area contributed by atoms with Gasteiger partial charge in [-0.1, -0.05) is 11.6 Å². The molecule has 1 rings (SSSR count). The zero-order chi connectivity index (χ0) is 13.2. The number of nitro groups is 1. The Morgan fingerprint density at radius 1 is 1.65 bits per heavy atom. The highest BCUT2D eigenvalue weighted by Gasteiger charge is 2.27. The third-order valence-electron chi connectivity index (χ3n) is 1.85. The summed E-state index contributed by atoms with van der Waals surface area (Å²) in [5.74, 6) is -1.38. The minimum absolute atomic E-state index is 0.483. The molecule has 0 aromatic carbocycles. The lowest BCUT2D eigenvalue weighted by atomic mass is 10.1. The molecule has 6 nitrogen and oxygen atoms in total. The van der Waals surface area contributed by atoms with Crippen molar-refractivity contribution in [1.29, 1.82) is 0 Å². The van der Waals surface area contributed by atoms with Gasteiger partial charge in [-0.25, -0.2) is 8.78 Å². The number of carboxylic acid groups (broad SMARTS) is 1. The number of aromatic nitrogens is 1. The first-order valence-corrected chi connectivity index (χ1v) is 4.54. The molecule has 0 unspecified atom stereocenters. The molecule has 0 bridgehead atoms. The van der Waals surface area contributed by atoms with E-state index < -0.39 is 45.7 Å². The second-order valence-electron chi connectivity index (χ2n) is 2.95. The zero-order valence-electron chi connectivity index (χ0n) is 8.06. The van der Waals surface area contributed by atoms with Gasteiger partial charge in [0.05, 0.1) is 22.6 Å². The van der Waals surface area contributed by atoms with Crippen molar-refractivity contribution in [3.63, 3.8) is 0 Å². The molecule has 1 heterocycles. The van der Waals surface area contributed by atoms with E-state index in [2.05, 4.69) is 4.98 Å². The minimum Gasteiger partial charge on any atom is -0.481 e. The Labute approximate surface area is 98.0 Å². The Hall–Kier alpha value is -1.83. The van der Waals surface area contributed by atoms with E-state index in [9.17, 15) is 23.7 Å². The zero-order valence-corrected chi connectivity index (χ0v) is 8.82. The fourth-order valence-corrected chi connectivity index (χ4v) is 1.47. The van der Waals surface area contributed by atoms with Crippen molar-refractivity contribution < 1.29 is 23.6 Å². The lowest BCUT2D eigenvalue weighted by Gasteiger charge is -2.08. The molecule has 0 radical (unpaired) electrons. The first-order chi connectivity index (χ1) is 7.84. The lowest BCUT2D eigenvalue weighted by molar-refractivity contribution is -0.385. The van der Waals surface area contributed by atoms with E-state index in [-0.39, 0.29) is 0 Å². The molecule has 0 amide bonds. The summed E-state index contributed by atoms with van der Waals surface area (Å²) in [6.45, 7) is 0. The summed E-state index contributed by atoms with van der Waals surface area (Å²) < 4.78 is 25.3. The van der Waals surface area contributed by atoms with E-state index in [0.717, 1.165) is 0 Å². The summed E-state index contributed by atoms with van der Waals surface area (Å²) in [6, 6.07) is 0. The predicted octanol–water partition coefficient (Wildman–Crippen LogP) is 2.21. The first kappa shape index (κ1) is 13.2. The smallest absolute Gasteiger partial charge is 0.309 e. The fourth-order valence-electron chi connectivity index (χ4n) is 1.16. The molecule has 0 aliphatic heterocycles. The van der Waals surface area contributed by atoms with Gasteiger partial charge in [-0.2, -0.15) is 0 Å². The molecule has 1 aromatic rings. The molecule has 0 aliphatic carbocycles. The third-order valence-corrected chi connectivity index (χ3v) is 2.25. The Bertz CT molecular complexity index is 481. The number of aliphatic carboxylic acids is 1. The molecule has 0 spiro atoms. The van der Waals surface area contributed by atoms with Crippen LogP contribution in [0.4, 0.5) is 14.5 Å². The summed E-state index contributed by atoms with van der Waals surface area (Å²) in [6.07, 6.45) is -3.26. The first-order valence-electron chi connectivity index (χ1n) is 4.16. The van der Waals surface area contributed by atoms with Gasteiger partial charge in [0.2, 0.25) is 0 Å². The van der Waals surface area contributed by atoms with Crippen LogP contribution in [0.1, 0.15) is 17.7 Å². The van der Waals surface area contributed by atoms with Crippen molar-refractivity contribution >= 4 is 23.3 Å². The maximum atomic E-state index is 12.6. The number of rotatable bonds is 4. The number of carbonyl (C=O) groups is 1. The standard InChI is InChI=1S/C8H5ClF2N2O4/c9-7-4(13(16)17)2-12-3(1-5(14)15)6(7)8(10)11/h2,8H,1H2,(H,14,15). The van der Waals surface area contributed by atoms with Crippen LogP contribution >= 0.6 is 11.6 Å². The van der Waals surface area contributed by atoms with Crippen molar-refractivity contribution in [3.8, 4) is 0 Å². The van der Waals surface area contributed by atoms with Gasteiger partial charge < -0.3 is 5.11 Å². The molecule has 9 heteroatoms. The van der Waals surface area contributed by atoms with Crippen LogP contribution in [0.3, 0.4) is 0 Å². The highest BCUT2D eigenvalue weighted by atomic mass is 35.5. The number of hydrogen-bond acceptors (Lipinski definition) is 4. The number of hydrogen-bond donors (Lipinski definition) is 1. The van der Waals surface area contributed by atoms with Gasteiger partial charge in [0.15, 0.2) is 0 Å². The Kier molecular flexibility index (Phi) is 3.89. The second-order valence-corrected chi connectivity index (χ2v) is 3.32. The Balaban J connectivity index is 3.39. The molecule has 0 saturated carbocycles. The number of carboxylic acids is 1. The van der Waals surface area contributed by atoms with E-state index >= 15 is 0 Å². The van der Waals surface area contributed by atoms with Crippen molar-refractivity contribution in [2.24, 2.45) is 0 Å². The molecular formula is C8H5ClF2N2O4. The van der Waals surface area contributed by atoms with E-state index in [1.165, 1.54) is 0 Å². The average molecular weight is 267 g/mol. The summed E-state index contributed by atoms with van der Waals surface area (Å²) in [5, 5.41) is 18.1. The van der Waals surface area contributed by atoms with Gasteiger partial charge in [-0.3, -0.25) is 19.9 Å². The van der Waals surface area contributed by atoms with Crippen LogP contribution in [0.25, 0.3) is 0 Å². The highest BCUT2D eigenvalue weighted by molar-refractivity contribution is 6.33. The van der Waals surface area contributed by atoms with Crippen molar-refractivity contribution in [2.45, 2.75) is 12.8 Å². The van der Waals surface area contributed by atoms with E-state index in [1.807, 2.05) is 0 Å². The molecular weight excluding hydrogens is 262 g/mol. The monoisotopic (exact) mass is 266 g/mol. The highest BCUT2D eigenvalue weighted by Crippen LogP contribution is 2.35. The SMILES string of the molecule is O=C(O)Cc1ncc([N+](=O)[O-])c(Cl)c1C(F)F. The normalized spacial score (nSPS) is 10.6. The maximum absolute atomic E-state index is 12.6. The van der Waals surface area contributed by atoms with Crippen LogP contribution in [0.5, 0.6) is 0 Å². The number of nitrogens with zero attached hydrogens (tertiary/aromatic N) is 2. The average Bonchev–Trinajstić information content (AvgIpc) is 2.15. The number of alkyl halides is 2. The molecule has 0 fully saturated rings. The maximum Gasteiger partial charge on any atom is 0.309 e. The third kappa shape index (κ3) is 2.84.